The number of rotatable bonds is 4. The Morgan fingerprint density at radius 3 is 2.63 bits per heavy atom. The van der Waals surface area contributed by atoms with Gasteiger partial charge in [0.25, 0.3) is 0 Å². The number of thiocarbonyl (C=S) groups is 1. The lowest BCUT2D eigenvalue weighted by Gasteiger charge is -2.24. The van der Waals surface area contributed by atoms with Gasteiger partial charge >= 0.3 is 0 Å². The Hall–Kier alpha value is -1.69. The van der Waals surface area contributed by atoms with Crippen molar-refractivity contribution >= 4 is 28.9 Å². The lowest BCUT2D eigenvalue weighted by Crippen LogP contribution is -2.47. The number of carbonyl (C=O) groups excluding carboxylic acids is 1. The Kier molecular flexibility index (Phi) is 4.83. The molecule has 1 aromatic heterocycles. The second-order valence-electron chi connectivity index (χ2n) is 5.40. The van der Waals surface area contributed by atoms with Crippen LogP contribution in [0.5, 0.6) is 0 Å². The Balaban J connectivity index is 2.71. The first-order valence-corrected chi connectivity index (χ1v) is 6.44. The molecule has 0 radical (unpaired) electrons. The lowest BCUT2D eigenvalue weighted by molar-refractivity contribution is -0.122. The zero-order valence-electron chi connectivity index (χ0n) is 11.7. The second kappa shape index (κ2) is 5.97. The number of hydrogen-bond acceptors (Lipinski definition) is 4. The molecule has 5 nitrogen and oxygen atoms in total. The van der Waals surface area contributed by atoms with Crippen molar-refractivity contribution in [2.45, 2.75) is 39.3 Å². The normalized spacial score (nSPS) is 12.6. The van der Waals surface area contributed by atoms with E-state index >= 15 is 0 Å². The van der Waals surface area contributed by atoms with Crippen LogP contribution >= 0.6 is 12.2 Å². The molecular weight excluding hydrogens is 260 g/mol. The Bertz CT molecular complexity index is 482. The molecule has 0 fully saturated rings. The van der Waals surface area contributed by atoms with Crippen molar-refractivity contribution < 1.29 is 4.79 Å². The quantitative estimate of drug-likeness (QED) is 0.727. The van der Waals surface area contributed by atoms with Crippen molar-refractivity contribution in [3.63, 3.8) is 0 Å². The fourth-order valence-corrected chi connectivity index (χ4v) is 1.55. The molecule has 104 valence electrons. The summed E-state index contributed by atoms with van der Waals surface area (Å²) in [6, 6.07) is 3.06. The number of nitrogens with two attached hydrogens (primary N) is 1. The van der Waals surface area contributed by atoms with Crippen LogP contribution in [-0.2, 0) is 4.79 Å². The van der Waals surface area contributed by atoms with E-state index in [1.165, 1.54) is 0 Å². The van der Waals surface area contributed by atoms with Gasteiger partial charge in [-0.1, -0.05) is 12.2 Å². The molecule has 0 saturated heterocycles. The summed E-state index contributed by atoms with van der Waals surface area (Å²) < 4.78 is 0. The molecular formula is C13H20N4OS. The van der Waals surface area contributed by atoms with E-state index in [9.17, 15) is 4.79 Å². The van der Waals surface area contributed by atoms with Gasteiger partial charge in [-0.25, -0.2) is 4.98 Å². The summed E-state index contributed by atoms with van der Waals surface area (Å²) in [7, 11) is 0. The fourth-order valence-electron chi connectivity index (χ4n) is 1.43. The molecule has 0 aromatic carbocycles. The predicted molar refractivity (Wildman–Crippen MR) is 81.1 cm³/mol. The van der Waals surface area contributed by atoms with E-state index in [-0.39, 0.29) is 11.4 Å². The molecule has 4 N–H and O–H groups in total. The zero-order chi connectivity index (χ0) is 14.6. The molecule has 0 bridgehead atoms. The average Bonchev–Trinajstić information content (AvgIpc) is 2.27. The maximum Gasteiger partial charge on any atom is 0.242 e. The van der Waals surface area contributed by atoms with Gasteiger partial charge in [-0.3, -0.25) is 4.79 Å². The number of carbonyl (C=O) groups is 1. The van der Waals surface area contributed by atoms with Crippen LogP contribution in [0.15, 0.2) is 18.3 Å². The summed E-state index contributed by atoms with van der Waals surface area (Å²) in [5.41, 5.74) is 6.01. The van der Waals surface area contributed by atoms with E-state index in [2.05, 4.69) is 15.6 Å². The van der Waals surface area contributed by atoms with Gasteiger partial charge in [0.1, 0.15) is 16.8 Å². The highest BCUT2D eigenvalue weighted by Crippen LogP contribution is 2.09. The highest BCUT2D eigenvalue weighted by Gasteiger charge is 2.19. The van der Waals surface area contributed by atoms with Crippen LogP contribution in [0.3, 0.4) is 0 Å². The van der Waals surface area contributed by atoms with Gasteiger partial charge in [0.2, 0.25) is 5.91 Å². The van der Waals surface area contributed by atoms with E-state index < -0.39 is 6.04 Å². The van der Waals surface area contributed by atoms with Gasteiger partial charge < -0.3 is 16.4 Å². The van der Waals surface area contributed by atoms with Crippen molar-refractivity contribution in [2.75, 3.05) is 5.32 Å². The molecule has 1 rings (SSSR count). The summed E-state index contributed by atoms with van der Waals surface area (Å²) in [5, 5.41) is 5.92. The number of hydrogen-bond donors (Lipinski definition) is 3. The maximum atomic E-state index is 11.9. The van der Waals surface area contributed by atoms with Gasteiger partial charge in [0.05, 0.1) is 0 Å². The van der Waals surface area contributed by atoms with Crippen LogP contribution in [0.4, 0.5) is 5.82 Å². The second-order valence-corrected chi connectivity index (χ2v) is 5.84. The Labute approximate surface area is 119 Å². The van der Waals surface area contributed by atoms with Crippen molar-refractivity contribution in [1.82, 2.24) is 10.3 Å². The highest BCUT2D eigenvalue weighted by atomic mass is 32.1. The number of amides is 1. The maximum absolute atomic E-state index is 11.9. The monoisotopic (exact) mass is 280 g/mol. The third-order valence-corrected chi connectivity index (χ3v) is 2.54. The van der Waals surface area contributed by atoms with Crippen LogP contribution in [0.1, 0.15) is 33.3 Å². The van der Waals surface area contributed by atoms with Gasteiger partial charge in [-0.2, -0.15) is 0 Å². The molecule has 1 unspecified atom stereocenters. The molecule has 19 heavy (non-hydrogen) atoms. The molecule has 0 saturated carbocycles. The van der Waals surface area contributed by atoms with Gasteiger partial charge in [-0.15, -0.1) is 0 Å². The average molecular weight is 280 g/mol. The van der Waals surface area contributed by atoms with Gasteiger partial charge in [-0.05, 0) is 39.8 Å². The molecule has 1 heterocycles. The van der Waals surface area contributed by atoms with Crippen LogP contribution < -0.4 is 16.4 Å². The van der Waals surface area contributed by atoms with Crippen molar-refractivity contribution in [1.29, 1.82) is 0 Å². The molecule has 0 aliphatic rings. The minimum Gasteiger partial charge on any atom is -0.389 e. The van der Waals surface area contributed by atoms with Crippen LogP contribution in [-0.4, -0.2) is 27.5 Å². The lowest BCUT2D eigenvalue weighted by atomic mass is 10.1. The summed E-state index contributed by atoms with van der Waals surface area (Å²) in [6.07, 6.45) is 1.60. The largest absolute Gasteiger partial charge is 0.389 e. The number of nitrogens with one attached hydrogen (secondary N) is 2. The molecule has 0 spiro atoms. The minimum atomic E-state index is -0.395. The summed E-state index contributed by atoms with van der Waals surface area (Å²) in [6.45, 7) is 7.58. The van der Waals surface area contributed by atoms with Crippen LogP contribution in [0, 0.1) is 0 Å². The smallest absolute Gasteiger partial charge is 0.242 e. The SMILES string of the molecule is CC(Nc1cc(C(N)=S)ccn1)C(=O)NC(C)(C)C. The third kappa shape index (κ3) is 5.21. The van der Waals surface area contributed by atoms with E-state index in [0.29, 0.717) is 10.8 Å². The molecule has 0 aliphatic carbocycles. The van der Waals surface area contributed by atoms with E-state index in [4.69, 9.17) is 18.0 Å². The van der Waals surface area contributed by atoms with Gasteiger partial charge in [0, 0.05) is 17.3 Å². The fraction of sp³-hybridized carbons (Fsp3) is 0.462. The highest BCUT2D eigenvalue weighted by molar-refractivity contribution is 7.80. The molecule has 1 aromatic rings. The van der Waals surface area contributed by atoms with Crippen molar-refractivity contribution in [3.05, 3.63) is 23.9 Å². The number of aromatic nitrogens is 1. The van der Waals surface area contributed by atoms with E-state index in [0.717, 1.165) is 5.56 Å². The van der Waals surface area contributed by atoms with E-state index in [1.807, 2.05) is 20.8 Å². The van der Waals surface area contributed by atoms with Gasteiger partial charge in [0.15, 0.2) is 0 Å². The summed E-state index contributed by atoms with van der Waals surface area (Å²) in [4.78, 5) is 16.4. The number of nitrogens with zero attached hydrogens (tertiary/aromatic N) is 1. The molecule has 0 aliphatic heterocycles. The van der Waals surface area contributed by atoms with Crippen LogP contribution in [0.2, 0.25) is 0 Å². The first-order chi connectivity index (χ1) is 8.69. The first-order valence-electron chi connectivity index (χ1n) is 6.03. The van der Waals surface area contributed by atoms with E-state index in [1.54, 1.807) is 25.3 Å². The summed E-state index contributed by atoms with van der Waals surface area (Å²) in [5.74, 6) is 0.483. The zero-order valence-corrected chi connectivity index (χ0v) is 12.5. The number of pyridine rings is 1. The Morgan fingerprint density at radius 1 is 1.47 bits per heavy atom. The van der Waals surface area contributed by atoms with Crippen molar-refractivity contribution in [3.8, 4) is 0 Å². The topological polar surface area (TPSA) is 80.0 Å². The molecule has 1 atom stereocenters. The predicted octanol–water partition coefficient (Wildman–Crippen LogP) is 1.43. The number of anilines is 1. The molecule has 1 amide bonds. The first kappa shape index (κ1) is 15.4. The third-order valence-electron chi connectivity index (χ3n) is 2.30. The molecule has 6 heteroatoms. The Morgan fingerprint density at radius 2 is 2.11 bits per heavy atom. The summed E-state index contributed by atoms with van der Waals surface area (Å²) >= 11 is 4.90. The van der Waals surface area contributed by atoms with Crippen molar-refractivity contribution in [2.24, 2.45) is 5.73 Å². The minimum absolute atomic E-state index is 0.0879. The van der Waals surface area contributed by atoms with Crippen LogP contribution in [0.25, 0.3) is 0 Å². The standard InChI is InChI=1S/C13H20N4OS/c1-8(12(18)17-13(2,3)4)16-10-7-9(11(14)19)5-6-15-10/h5-8H,1-4H3,(H2,14,19)(H,15,16)(H,17,18).